The Bertz CT molecular complexity index is 429. The Morgan fingerprint density at radius 3 is 2.87 bits per heavy atom. The number of anilines is 1. The predicted molar refractivity (Wildman–Crippen MR) is 54.0 cm³/mol. The second-order valence-electron chi connectivity index (χ2n) is 3.14. The van der Waals surface area contributed by atoms with Crippen LogP contribution in [0, 0.1) is 0 Å². The van der Waals surface area contributed by atoms with Gasteiger partial charge in [-0.25, -0.2) is 0 Å². The molecule has 2 amide bonds. The summed E-state index contributed by atoms with van der Waals surface area (Å²) in [4.78, 5) is 22.7. The van der Waals surface area contributed by atoms with Crippen LogP contribution in [0.1, 0.15) is 10.4 Å². The summed E-state index contributed by atoms with van der Waals surface area (Å²) < 4.78 is 5.00. The number of benzene rings is 1. The van der Waals surface area contributed by atoms with Crippen molar-refractivity contribution in [2.24, 2.45) is 0 Å². The molecule has 0 aliphatic carbocycles. The second kappa shape index (κ2) is 3.61. The van der Waals surface area contributed by atoms with E-state index in [2.05, 4.69) is 10.6 Å². The van der Waals surface area contributed by atoms with Crippen LogP contribution in [0.3, 0.4) is 0 Å². The van der Waals surface area contributed by atoms with E-state index in [-0.39, 0.29) is 18.4 Å². The van der Waals surface area contributed by atoms with Crippen LogP contribution in [-0.2, 0) is 4.79 Å². The van der Waals surface area contributed by atoms with E-state index in [1.807, 2.05) is 0 Å². The minimum Gasteiger partial charge on any atom is -0.497 e. The van der Waals surface area contributed by atoms with Gasteiger partial charge in [0.15, 0.2) is 0 Å². The lowest BCUT2D eigenvalue weighted by atomic mass is 10.1. The molecule has 1 aliphatic rings. The number of amides is 2. The molecule has 0 saturated heterocycles. The van der Waals surface area contributed by atoms with Gasteiger partial charge >= 0.3 is 0 Å². The van der Waals surface area contributed by atoms with Crippen LogP contribution in [0.4, 0.5) is 5.69 Å². The van der Waals surface area contributed by atoms with E-state index in [0.717, 1.165) is 0 Å². The number of rotatable bonds is 1. The molecule has 1 aromatic carbocycles. The Balaban J connectivity index is 2.48. The van der Waals surface area contributed by atoms with Crippen molar-refractivity contribution in [2.75, 3.05) is 19.0 Å². The van der Waals surface area contributed by atoms with Crippen LogP contribution in [0.2, 0.25) is 0 Å². The van der Waals surface area contributed by atoms with Crippen molar-refractivity contribution in [2.45, 2.75) is 0 Å². The highest BCUT2D eigenvalue weighted by atomic mass is 16.5. The summed E-state index contributed by atoms with van der Waals surface area (Å²) in [6, 6.07) is 4.94. The molecule has 1 heterocycles. The second-order valence-corrected chi connectivity index (χ2v) is 3.14. The number of hydrogen-bond acceptors (Lipinski definition) is 3. The quantitative estimate of drug-likeness (QED) is 0.697. The van der Waals surface area contributed by atoms with Crippen molar-refractivity contribution in [3.8, 4) is 5.75 Å². The molecule has 0 spiro atoms. The van der Waals surface area contributed by atoms with Gasteiger partial charge in [-0.1, -0.05) is 0 Å². The van der Waals surface area contributed by atoms with Crippen molar-refractivity contribution in [3.63, 3.8) is 0 Å². The van der Waals surface area contributed by atoms with Crippen LogP contribution in [0.25, 0.3) is 0 Å². The van der Waals surface area contributed by atoms with Crippen LogP contribution in [0.5, 0.6) is 5.75 Å². The van der Waals surface area contributed by atoms with Crippen LogP contribution in [-0.4, -0.2) is 25.5 Å². The van der Waals surface area contributed by atoms with Gasteiger partial charge in [-0.15, -0.1) is 0 Å². The van der Waals surface area contributed by atoms with E-state index < -0.39 is 0 Å². The minimum absolute atomic E-state index is 0.00414. The minimum atomic E-state index is -0.276. The molecule has 0 bridgehead atoms. The molecule has 0 radical (unpaired) electrons. The van der Waals surface area contributed by atoms with Crippen molar-refractivity contribution in [1.82, 2.24) is 5.32 Å². The number of carbonyl (C=O) groups excluding carboxylic acids is 2. The Labute approximate surface area is 86.4 Å². The SMILES string of the molecule is COc1ccc2c(c1)C(=O)NCC(=O)N2. The third kappa shape index (κ3) is 1.76. The molecule has 2 N–H and O–H groups in total. The van der Waals surface area contributed by atoms with E-state index in [1.165, 1.54) is 7.11 Å². The summed E-state index contributed by atoms with van der Waals surface area (Å²) in [5, 5.41) is 5.12. The van der Waals surface area contributed by atoms with Gasteiger partial charge in [0.05, 0.1) is 24.9 Å². The summed E-state index contributed by atoms with van der Waals surface area (Å²) >= 11 is 0. The molecule has 0 aromatic heterocycles. The van der Waals surface area contributed by atoms with Gasteiger partial charge in [0, 0.05) is 0 Å². The molecule has 2 rings (SSSR count). The Hall–Kier alpha value is -2.04. The van der Waals surface area contributed by atoms with E-state index in [1.54, 1.807) is 18.2 Å². The number of nitrogens with one attached hydrogen (secondary N) is 2. The first-order valence-electron chi connectivity index (χ1n) is 4.47. The maximum absolute atomic E-state index is 11.6. The average Bonchev–Trinajstić information content (AvgIpc) is 2.39. The molecule has 0 unspecified atom stereocenters. The molecular weight excluding hydrogens is 196 g/mol. The predicted octanol–water partition coefficient (Wildman–Crippen LogP) is 0.377. The normalized spacial score (nSPS) is 14.7. The van der Waals surface area contributed by atoms with Gasteiger partial charge in [-0.3, -0.25) is 9.59 Å². The van der Waals surface area contributed by atoms with Crippen molar-refractivity contribution < 1.29 is 14.3 Å². The highest BCUT2D eigenvalue weighted by molar-refractivity contribution is 6.08. The summed E-state index contributed by atoms with van der Waals surface area (Å²) in [5.74, 6) is 0.0783. The van der Waals surface area contributed by atoms with Gasteiger partial charge in [0.1, 0.15) is 5.75 Å². The first-order chi connectivity index (χ1) is 7.20. The zero-order valence-corrected chi connectivity index (χ0v) is 8.16. The fourth-order valence-electron chi connectivity index (χ4n) is 1.40. The number of carbonyl (C=O) groups is 2. The van der Waals surface area contributed by atoms with Crippen LogP contribution >= 0.6 is 0 Å². The number of ether oxygens (including phenoxy) is 1. The summed E-state index contributed by atoms with van der Waals surface area (Å²) in [6.07, 6.45) is 0. The smallest absolute Gasteiger partial charge is 0.253 e. The molecule has 0 atom stereocenters. The molecular formula is C10H10N2O3. The highest BCUT2D eigenvalue weighted by Crippen LogP contribution is 2.22. The highest BCUT2D eigenvalue weighted by Gasteiger charge is 2.19. The molecule has 15 heavy (non-hydrogen) atoms. The van der Waals surface area contributed by atoms with Crippen molar-refractivity contribution >= 4 is 17.5 Å². The Morgan fingerprint density at radius 2 is 2.13 bits per heavy atom. The standard InChI is InChI=1S/C10H10N2O3/c1-15-6-2-3-8-7(4-6)10(14)11-5-9(13)12-8/h2-4H,5H2,1H3,(H,11,14)(H,12,13). The zero-order valence-electron chi connectivity index (χ0n) is 8.16. The maximum atomic E-state index is 11.6. The number of hydrogen-bond donors (Lipinski definition) is 2. The third-order valence-electron chi connectivity index (χ3n) is 2.15. The molecule has 1 aliphatic heterocycles. The lowest BCUT2D eigenvalue weighted by molar-refractivity contribution is -0.115. The molecule has 1 aromatic rings. The lowest BCUT2D eigenvalue weighted by Crippen LogP contribution is -2.28. The molecule has 5 nitrogen and oxygen atoms in total. The number of fused-ring (bicyclic) bond motifs is 1. The van der Waals surface area contributed by atoms with Crippen molar-refractivity contribution in [1.29, 1.82) is 0 Å². The first kappa shape index (κ1) is 9.51. The van der Waals surface area contributed by atoms with Crippen molar-refractivity contribution in [3.05, 3.63) is 23.8 Å². The van der Waals surface area contributed by atoms with Gasteiger partial charge in [-0.2, -0.15) is 0 Å². The van der Waals surface area contributed by atoms with Gasteiger partial charge < -0.3 is 15.4 Å². The van der Waals surface area contributed by atoms with Gasteiger partial charge in [0.2, 0.25) is 5.91 Å². The topological polar surface area (TPSA) is 67.4 Å². The lowest BCUT2D eigenvalue weighted by Gasteiger charge is -2.06. The summed E-state index contributed by atoms with van der Waals surface area (Å²) in [7, 11) is 1.52. The monoisotopic (exact) mass is 206 g/mol. The van der Waals surface area contributed by atoms with E-state index in [0.29, 0.717) is 17.0 Å². The first-order valence-corrected chi connectivity index (χ1v) is 4.47. The largest absolute Gasteiger partial charge is 0.497 e. The Kier molecular flexibility index (Phi) is 2.29. The van der Waals surface area contributed by atoms with Gasteiger partial charge in [-0.05, 0) is 18.2 Å². The Morgan fingerprint density at radius 1 is 1.33 bits per heavy atom. The fraction of sp³-hybridized carbons (Fsp3) is 0.200. The molecule has 0 saturated carbocycles. The molecule has 5 heteroatoms. The summed E-state index contributed by atoms with van der Waals surface area (Å²) in [5.41, 5.74) is 0.927. The van der Waals surface area contributed by atoms with E-state index in [9.17, 15) is 9.59 Å². The van der Waals surface area contributed by atoms with Crippen LogP contribution < -0.4 is 15.4 Å². The number of methoxy groups -OCH3 is 1. The van der Waals surface area contributed by atoms with Gasteiger partial charge in [0.25, 0.3) is 5.91 Å². The molecule has 0 fully saturated rings. The summed E-state index contributed by atoms with van der Waals surface area (Å²) in [6.45, 7) is -0.00414. The molecule has 78 valence electrons. The van der Waals surface area contributed by atoms with E-state index in [4.69, 9.17) is 4.74 Å². The maximum Gasteiger partial charge on any atom is 0.253 e. The fourth-order valence-corrected chi connectivity index (χ4v) is 1.40. The third-order valence-corrected chi connectivity index (χ3v) is 2.15. The average molecular weight is 206 g/mol. The van der Waals surface area contributed by atoms with Crippen LogP contribution in [0.15, 0.2) is 18.2 Å². The van der Waals surface area contributed by atoms with E-state index >= 15 is 0 Å². The zero-order chi connectivity index (χ0) is 10.8.